The second kappa shape index (κ2) is 4.60. The molecule has 1 rings (SSSR count). The number of hydrogen-bond acceptors (Lipinski definition) is 2. The van der Waals surface area contributed by atoms with Crippen molar-refractivity contribution in [1.29, 1.82) is 0 Å². The molecule has 1 aromatic rings. The molecule has 0 N–H and O–H groups in total. The molecule has 0 aliphatic rings. The number of halogens is 1. The number of aryl methyl sites for hydroxylation is 1. The fourth-order valence-corrected chi connectivity index (χ4v) is 1.77. The Hall–Kier alpha value is -0.830. The molecular formula is C11H13BrO2. The van der Waals surface area contributed by atoms with E-state index in [2.05, 4.69) is 15.9 Å². The quantitative estimate of drug-likeness (QED) is 0.776. The van der Waals surface area contributed by atoms with Crippen LogP contribution in [0.5, 0.6) is 5.75 Å². The first-order valence-corrected chi connectivity index (χ1v) is 5.26. The van der Waals surface area contributed by atoms with Crippen molar-refractivity contribution in [1.82, 2.24) is 0 Å². The van der Waals surface area contributed by atoms with Gasteiger partial charge in [0.15, 0.2) is 6.29 Å². The van der Waals surface area contributed by atoms with E-state index in [1.165, 1.54) is 0 Å². The standard InChI is InChI=1S/C11H13BrO2/c1-7(2)14-11-8(3)4-5-9(6-13)10(11)12/h4-7H,1-3H3. The lowest BCUT2D eigenvalue weighted by Gasteiger charge is -2.14. The van der Waals surface area contributed by atoms with E-state index in [1.54, 1.807) is 6.07 Å². The zero-order valence-electron chi connectivity index (χ0n) is 8.50. The zero-order chi connectivity index (χ0) is 10.7. The largest absolute Gasteiger partial charge is 0.490 e. The number of benzene rings is 1. The van der Waals surface area contributed by atoms with Crippen molar-refractivity contribution in [2.45, 2.75) is 26.9 Å². The van der Waals surface area contributed by atoms with Gasteiger partial charge in [0.05, 0.1) is 10.6 Å². The summed E-state index contributed by atoms with van der Waals surface area (Å²) < 4.78 is 6.35. The SMILES string of the molecule is Cc1ccc(C=O)c(Br)c1OC(C)C. The molecule has 14 heavy (non-hydrogen) atoms. The normalized spacial score (nSPS) is 10.4. The summed E-state index contributed by atoms with van der Waals surface area (Å²) in [4.78, 5) is 10.7. The third kappa shape index (κ3) is 2.35. The van der Waals surface area contributed by atoms with Gasteiger partial charge < -0.3 is 4.74 Å². The van der Waals surface area contributed by atoms with Crippen LogP contribution in [-0.4, -0.2) is 12.4 Å². The minimum Gasteiger partial charge on any atom is -0.490 e. The van der Waals surface area contributed by atoms with Crippen LogP contribution in [0.1, 0.15) is 29.8 Å². The molecule has 0 aliphatic heterocycles. The summed E-state index contributed by atoms with van der Waals surface area (Å²) in [5.74, 6) is 0.754. The first kappa shape index (κ1) is 11.2. The van der Waals surface area contributed by atoms with Gasteiger partial charge in [-0.2, -0.15) is 0 Å². The lowest BCUT2D eigenvalue weighted by atomic mass is 10.1. The first-order valence-electron chi connectivity index (χ1n) is 4.47. The maximum Gasteiger partial charge on any atom is 0.151 e. The number of rotatable bonds is 3. The van der Waals surface area contributed by atoms with Crippen LogP contribution in [0.25, 0.3) is 0 Å². The van der Waals surface area contributed by atoms with Crippen LogP contribution in [0.4, 0.5) is 0 Å². The van der Waals surface area contributed by atoms with Crippen LogP contribution in [0.2, 0.25) is 0 Å². The molecule has 76 valence electrons. The Morgan fingerprint density at radius 1 is 1.43 bits per heavy atom. The third-order valence-electron chi connectivity index (χ3n) is 1.80. The van der Waals surface area contributed by atoms with Crippen molar-refractivity contribution in [3.05, 3.63) is 27.7 Å². The Kier molecular flexibility index (Phi) is 3.69. The van der Waals surface area contributed by atoms with Crippen molar-refractivity contribution in [3.8, 4) is 5.75 Å². The molecule has 1 aromatic carbocycles. The molecule has 0 fully saturated rings. The fourth-order valence-electron chi connectivity index (χ4n) is 1.14. The molecule has 0 bridgehead atoms. The van der Waals surface area contributed by atoms with Gasteiger partial charge in [-0.25, -0.2) is 0 Å². The van der Waals surface area contributed by atoms with Crippen molar-refractivity contribution < 1.29 is 9.53 Å². The van der Waals surface area contributed by atoms with Crippen LogP contribution in [0, 0.1) is 6.92 Å². The Balaban J connectivity index is 3.18. The average Bonchev–Trinajstić information content (AvgIpc) is 2.12. The van der Waals surface area contributed by atoms with Crippen molar-refractivity contribution in [2.24, 2.45) is 0 Å². The Bertz CT molecular complexity index is 345. The molecule has 0 radical (unpaired) electrons. The number of carbonyl (C=O) groups excluding carboxylic acids is 1. The summed E-state index contributed by atoms with van der Waals surface area (Å²) in [7, 11) is 0. The highest BCUT2D eigenvalue weighted by Gasteiger charge is 2.10. The molecule has 0 saturated heterocycles. The predicted molar refractivity (Wildman–Crippen MR) is 60.0 cm³/mol. The van der Waals surface area contributed by atoms with Gasteiger partial charge in [0, 0.05) is 5.56 Å². The molecule has 3 heteroatoms. The van der Waals surface area contributed by atoms with Gasteiger partial charge in [0.1, 0.15) is 5.75 Å². The fraction of sp³-hybridized carbons (Fsp3) is 0.364. The van der Waals surface area contributed by atoms with Gasteiger partial charge in [-0.05, 0) is 42.3 Å². The lowest BCUT2D eigenvalue weighted by Crippen LogP contribution is -2.07. The second-order valence-electron chi connectivity index (χ2n) is 3.40. The summed E-state index contributed by atoms with van der Waals surface area (Å²) in [6, 6.07) is 3.66. The maximum atomic E-state index is 10.7. The molecule has 0 unspecified atom stereocenters. The van der Waals surface area contributed by atoms with E-state index in [-0.39, 0.29) is 6.10 Å². The van der Waals surface area contributed by atoms with E-state index >= 15 is 0 Å². The summed E-state index contributed by atoms with van der Waals surface area (Å²) in [6.45, 7) is 5.87. The van der Waals surface area contributed by atoms with E-state index < -0.39 is 0 Å². The van der Waals surface area contributed by atoms with Gasteiger partial charge in [0.25, 0.3) is 0 Å². The van der Waals surface area contributed by atoms with Gasteiger partial charge in [-0.1, -0.05) is 12.1 Å². The number of aldehydes is 1. The van der Waals surface area contributed by atoms with E-state index in [0.29, 0.717) is 5.56 Å². The molecule has 0 heterocycles. The minimum atomic E-state index is 0.104. The highest BCUT2D eigenvalue weighted by Crippen LogP contribution is 2.32. The third-order valence-corrected chi connectivity index (χ3v) is 2.62. The molecule has 0 aromatic heterocycles. The molecular weight excluding hydrogens is 244 g/mol. The van der Waals surface area contributed by atoms with Crippen LogP contribution in [-0.2, 0) is 0 Å². The molecule has 0 atom stereocenters. The molecule has 2 nitrogen and oxygen atoms in total. The molecule has 0 amide bonds. The smallest absolute Gasteiger partial charge is 0.151 e. The summed E-state index contributed by atoms with van der Waals surface area (Å²) in [6.07, 6.45) is 0.920. The second-order valence-corrected chi connectivity index (χ2v) is 4.19. The average molecular weight is 257 g/mol. The zero-order valence-corrected chi connectivity index (χ0v) is 10.1. The van der Waals surface area contributed by atoms with E-state index in [0.717, 1.165) is 22.1 Å². The van der Waals surface area contributed by atoms with Crippen molar-refractivity contribution in [3.63, 3.8) is 0 Å². The Labute approximate surface area is 92.4 Å². The van der Waals surface area contributed by atoms with Gasteiger partial charge in [0.2, 0.25) is 0 Å². The van der Waals surface area contributed by atoms with Gasteiger partial charge in [-0.3, -0.25) is 4.79 Å². The highest BCUT2D eigenvalue weighted by molar-refractivity contribution is 9.10. The van der Waals surface area contributed by atoms with Crippen LogP contribution >= 0.6 is 15.9 Å². The van der Waals surface area contributed by atoms with E-state index in [9.17, 15) is 4.79 Å². The maximum absolute atomic E-state index is 10.7. The van der Waals surface area contributed by atoms with Crippen molar-refractivity contribution in [2.75, 3.05) is 0 Å². The summed E-state index contributed by atoms with van der Waals surface area (Å²) >= 11 is 3.36. The van der Waals surface area contributed by atoms with Gasteiger partial charge >= 0.3 is 0 Å². The molecule has 0 aliphatic carbocycles. The first-order chi connectivity index (χ1) is 6.56. The number of carbonyl (C=O) groups is 1. The summed E-state index contributed by atoms with van der Waals surface area (Å²) in [5, 5.41) is 0. The van der Waals surface area contributed by atoms with Crippen LogP contribution in [0.15, 0.2) is 16.6 Å². The predicted octanol–water partition coefficient (Wildman–Crippen LogP) is 3.36. The lowest BCUT2D eigenvalue weighted by molar-refractivity contribution is 0.112. The summed E-state index contributed by atoms with van der Waals surface area (Å²) in [5.41, 5.74) is 1.64. The Morgan fingerprint density at radius 2 is 2.07 bits per heavy atom. The van der Waals surface area contributed by atoms with Crippen LogP contribution < -0.4 is 4.74 Å². The van der Waals surface area contributed by atoms with E-state index in [4.69, 9.17) is 4.74 Å². The number of ether oxygens (including phenoxy) is 1. The monoisotopic (exact) mass is 256 g/mol. The van der Waals surface area contributed by atoms with Crippen LogP contribution in [0.3, 0.4) is 0 Å². The number of hydrogen-bond donors (Lipinski definition) is 0. The molecule has 0 saturated carbocycles. The topological polar surface area (TPSA) is 26.3 Å². The Morgan fingerprint density at radius 3 is 2.57 bits per heavy atom. The molecule has 0 spiro atoms. The highest BCUT2D eigenvalue weighted by atomic mass is 79.9. The van der Waals surface area contributed by atoms with E-state index in [1.807, 2.05) is 26.8 Å². The minimum absolute atomic E-state index is 0.104. The van der Waals surface area contributed by atoms with Gasteiger partial charge in [-0.15, -0.1) is 0 Å². The van der Waals surface area contributed by atoms with Crippen molar-refractivity contribution >= 4 is 22.2 Å².